The van der Waals surface area contributed by atoms with Crippen molar-refractivity contribution in [3.05, 3.63) is 93.5 Å². The van der Waals surface area contributed by atoms with Crippen molar-refractivity contribution in [1.29, 1.82) is 0 Å². The maximum atomic E-state index is 13.1. The minimum Gasteiger partial charge on any atom is -0.497 e. The standard InChI is InChI=1S/C26H22Cl2O6/c1-32-17-10-8-15(9-11-17)26-21(14-6-4-3-5-7-14)20(24(30)33-2)23(29)25(26,31)22-18(28)12-16(27)13-19(22)34-26/h3-13,20-21,23,29,31H,1-2H3/t20-,21-,23-,25+,26+/m1/s1. The van der Waals surface area contributed by atoms with Gasteiger partial charge in [-0.2, -0.15) is 0 Å². The molecule has 1 saturated carbocycles. The summed E-state index contributed by atoms with van der Waals surface area (Å²) in [5, 5.41) is 24.6. The van der Waals surface area contributed by atoms with Crippen molar-refractivity contribution in [3.63, 3.8) is 0 Å². The number of aliphatic hydroxyl groups is 2. The van der Waals surface area contributed by atoms with Crippen molar-refractivity contribution in [1.82, 2.24) is 0 Å². The Hall–Kier alpha value is -2.77. The van der Waals surface area contributed by atoms with Crippen molar-refractivity contribution in [2.75, 3.05) is 14.2 Å². The van der Waals surface area contributed by atoms with Gasteiger partial charge in [-0.15, -0.1) is 0 Å². The Morgan fingerprint density at radius 2 is 1.71 bits per heavy atom. The Labute approximate surface area is 206 Å². The zero-order valence-electron chi connectivity index (χ0n) is 18.4. The fraction of sp³-hybridized carbons (Fsp3) is 0.269. The van der Waals surface area contributed by atoms with Gasteiger partial charge in [0.25, 0.3) is 0 Å². The summed E-state index contributed by atoms with van der Waals surface area (Å²) in [6, 6.07) is 19.1. The average molecular weight is 501 g/mol. The first-order chi connectivity index (χ1) is 16.3. The van der Waals surface area contributed by atoms with Gasteiger partial charge in [0, 0.05) is 10.9 Å². The summed E-state index contributed by atoms with van der Waals surface area (Å²) in [6.45, 7) is 0. The van der Waals surface area contributed by atoms with Crippen molar-refractivity contribution in [2.24, 2.45) is 5.92 Å². The molecule has 1 aliphatic heterocycles. The summed E-state index contributed by atoms with van der Waals surface area (Å²) in [6.07, 6.45) is -1.60. The molecule has 0 radical (unpaired) electrons. The van der Waals surface area contributed by atoms with Crippen LogP contribution < -0.4 is 9.47 Å². The third-order valence-electron chi connectivity index (χ3n) is 6.95. The van der Waals surface area contributed by atoms with E-state index in [1.54, 1.807) is 37.4 Å². The third kappa shape index (κ3) is 2.93. The smallest absolute Gasteiger partial charge is 0.312 e. The van der Waals surface area contributed by atoms with Gasteiger partial charge in [0.1, 0.15) is 17.6 Å². The van der Waals surface area contributed by atoms with Crippen LogP contribution in [0.2, 0.25) is 10.0 Å². The molecule has 0 spiro atoms. The van der Waals surface area contributed by atoms with Crippen LogP contribution in [-0.2, 0) is 20.7 Å². The fourth-order valence-electron chi connectivity index (χ4n) is 5.60. The number of esters is 1. The number of benzene rings is 3. The van der Waals surface area contributed by atoms with Crippen LogP contribution in [0.5, 0.6) is 11.5 Å². The van der Waals surface area contributed by atoms with Gasteiger partial charge in [-0.3, -0.25) is 4.79 Å². The van der Waals surface area contributed by atoms with Crippen LogP contribution >= 0.6 is 23.2 Å². The molecule has 8 heteroatoms. The van der Waals surface area contributed by atoms with Crippen LogP contribution in [0, 0.1) is 5.92 Å². The zero-order chi connectivity index (χ0) is 24.3. The number of aliphatic hydroxyl groups excluding tert-OH is 1. The molecule has 5 rings (SSSR count). The van der Waals surface area contributed by atoms with Crippen LogP contribution in [0.15, 0.2) is 66.7 Å². The summed E-state index contributed by atoms with van der Waals surface area (Å²) in [5.74, 6) is -1.83. The molecule has 0 saturated heterocycles. The number of carbonyl (C=O) groups is 1. The molecule has 3 aromatic carbocycles. The maximum Gasteiger partial charge on any atom is 0.312 e. The van der Waals surface area contributed by atoms with E-state index in [1.165, 1.54) is 13.2 Å². The molecular weight excluding hydrogens is 479 g/mol. The molecular formula is C26H22Cl2O6. The number of carbonyl (C=O) groups excluding carboxylic acids is 1. The highest BCUT2D eigenvalue weighted by atomic mass is 35.5. The lowest BCUT2D eigenvalue weighted by molar-refractivity contribution is -0.161. The number of methoxy groups -OCH3 is 2. The van der Waals surface area contributed by atoms with Gasteiger partial charge in [-0.25, -0.2) is 0 Å². The van der Waals surface area contributed by atoms with Gasteiger partial charge in [0.15, 0.2) is 11.2 Å². The maximum absolute atomic E-state index is 13.1. The molecule has 0 amide bonds. The molecule has 1 fully saturated rings. The summed E-state index contributed by atoms with van der Waals surface area (Å²) >= 11 is 12.8. The van der Waals surface area contributed by atoms with E-state index in [0.717, 1.165) is 0 Å². The monoisotopic (exact) mass is 500 g/mol. The van der Waals surface area contributed by atoms with E-state index in [9.17, 15) is 15.0 Å². The second kappa shape index (κ2) is 8.17. The normalized spacial score (nSPS) is 29.2. The van der Waals surface area contributed by atoms with Gasteiger partial charge < -0.3 is 24.4 Å². The molecule has 0 aromatic heterocycles. The SMILES string of the molecule is COC(=O)[C@H]1[C@@H](O)[C@@]2(O)c3c(Cl)cc(Cl)cc3O[C@@]2(c2ccc(OC)cc2)[C@@H]1c1ccccc1. The Morgan fingerprint density at radius 3 is 2.32 bits per heavy atom. The lowest BCUT2D eigenvalue weighted by Gasteiger charge is -2.40. The first kappa shape index (κ1) is 23.0. The van der Waals surface area contributed by atoms with Crippen LogP contribution in [0.3, 0.4) is 0 Å². The number of fused-ring (bicyclic) bond motifs is 3. The number of ether oxygens (including phenoxy) is 3. The quantitative estimate of drug-likeness (QED) is 0.515. The van der Waals surface area contributed by atoms with Gasteiger partial charge >= 0.3 is 5.97 Å². The molecule has 1 aliphatic carbocycles. The van der Waals surface area contributed by atoms with E-state index in [2.05, 4.69) is 0 Å². The number of hydrogen-bond acceptors (Lipinski definition) is 6. The van der Waals surface area contributed by atoms with Crippen molar-refractivity contribution in [3.8, 4) is 11.5 Å². The van der Waals surface area contributed by atoms with Gasteiger partial charge in [0.2, 0.25) is 0 Å². The van der Waals surface area contributed by atoms with Crippen LogP contribution in [0.4, 0.5) is 0 Å². The number of rotatable bonds is 4. The van der Waals surface area contributed by atoms with Crippen LogP contribution in [-0.4, -0.2) is 36.5 Å². The topological polar surface area (TPSA) is 85.2 Å². The van der Waals surface area contributed by atoms with Crippen molar-refractivity contribution < 1.29 is 29.2 Å². The predicted octanol–water partition coefficient (Wildman–Crippen LogP) is 4.43. The number of halogens is 2. The summed E-state index contributed by atoms with van der Waals surface area (Å²) in [5.41, 5.74) is -2.35. The lowest BCUT2D eigenvalue weighted by Crippen LogP contribution is -2.52. The van der Waals surface area contributed by atoms with E-state index < -0.39 is 35.1 Å². The van der Waals surface area contributed by atoms with E-state index >= 15 is 0 Å². The molecule has 1 heterocycles. The van der Waals surface area contributed by atoms with Gasteiger partial charge in [0.05, 0.1) is 30.7 Å². The average Bonchev–Trinajstić information content (AvgIpc) is 3.22. The van der Waals surface area contributed by atoms with Gasteiger partial charge in [-0.1, -0.05) is 65.7 Å². The Bertz CT molecular complexity index is 1250. The first-order valence-corrected chi connectivity index (χ1v) is 11.4. The third-order valence-corrected chi connectivity index (χ3v) is 7.47. The molecule has 176 valence electrons. The zero-order valence-corrected chi connectivity index (χ0v) is 19.9. The summed E-state index contributed by atoms with van der Waals surface area (Å²) in [4.78, 5) is 13.1. The van der Waals surface area contributed by atoms with Crippen LogP contribution in [0.25, 0.3) is 0 Å². The minimum atomic E-state index is -2.10. The van der Waals surface area contributed by atoms with Crippen molar-refractivity contribution in [2.45, 2.75) is 23.2 Å². The highest BCUT2D eigenvalue weighted by molar-refractivity contribution is 6.35. The van der Waals surface area contributed by atoms with E-state index in [4.69, 9.17) is 37.4 Å². The molecule has 0 bridgehead atoms. The molecule has 34 heavy (non-hydrogen) atoms. The second-order valence-corrected chi connectivity index (χ2v) is 9.32. The summed E-state index contributed by atoms with van der Waals surface area (Å²) < 4.78 is 17.0. The molecule has 2 N–H and O–H groups in total. The lowest BCUT2D eigenvalue weighted by atomic mass is 9.70. The van der Waals surface area contributed by atoms with Crippen molar-refractivity contribution >= 4 is 29.2 Å². The first-order valence-electron chi connectivity index (χ1n) is 10.7. The summed E-state index contributed by atoms with van der Waals surface area (Å²) in [7, 11) is 2.80. The van der Waals surface area contributed by atoms with E-state index in [1.807, 2.05) is 30.3 Å². The fourth-order valence-corrected chi connectivity index (χ4v) is 6.22. The Balaban J connectivity index is 1.88. The largest absolute Gasteiger partial charge is 0.497 e. The second-order valence-electron chi connectivity index (χ2n) is 8.48. The minimum absolute atomic E-state index is 0.122. The Morgan fingerprint density at radius 1 is 1.03 bits per heavy atom. The predicted molar refractivity (Wildman–Crippen MR) is 126 cm³/mol. The Kier molecular flexibility index (Phi) is 5.52. The van der Waals surface area contributed by atoms with Crippen LogP contribution in [0.1, 0.15) is 22.6 Å². The molecule has 5 atom stereocenters. The number of hydrogen-bond donors (Lipinski definition) is 2. The molecule has 2 aliphatic rings. The van der Waals surface area contributed by atoms with Gasteiger partial charge in [-0.05, 0) is 35.4 Å². The highest BCUT2D eigenvalue weighted by Gasteiger charge is 2.78. The molecule has 3 aromatic rings. The van der Waals surface area contributed by atoms with E-state index in [0.29, 0.717) is 21.9 Å². The van der Waals surface area contributed by atoms with E-state index in [-0.39, 0.29) is 16.3 Å². The highest BCUT2D eigenvalue weighted by Crippen LogP contribution is 2.69. The molecule has 0 unspecified atom stereocenters. The molecule has 6 nitrogen and oxygen atoms in total.